The van der Waals surface area contributed by atoms with Crippen LogP contribution in [0.5, 0.6) is 0 Å². The maximum atomic E-state index is 12.5. The van der Waals surface area contributed by atoms with Crippen LogP contribution in [-0.4, -0.2) is 12.8 Å². The fourth-order valence-electron chi connectivity index (χ4n) is 1.93. The van der Waals surface area contributed by atoms with Gasteiger partial charge in [-0.2, -0.15) is 13.2 Å². The van der Waals surface area contributed by atoms with Crippen LogP contribution in [0.1, 0.15) is 16.7 Å². The van der Waals surface area contributed by atoms with Crippen LogP contribution >= 0.6 is 0 Å². The quantitative estimate of drug-likeness (QED) is 0.608. The van der Waals surface area contributed by atoms with E-state index in [-0.39, 0.29) is 0 Å². The van der Waals surface area contributed by atoms with Crippen LogP contribution in [0.3, 0.4) is 0 Å². The molecule has 0 bridgehead atoms. The number of hydrogen-bond acceptors (Lipinski definition) is 2. The zero-order chi connectivity index (χ0) is 15.3. The van der Waals surface area contributed by atoms with Gasteiger partial charge in [0.15, 0.2) is 0 Å². The fourth-order valence-corrected chi connectivity index (χ4v) is 1.93. The molecule has 0 aliphatic rings. The van der Waals surface area contributed by atoms with Gasteiger partial charge in [0, 0.05) is 6.42 Å². The molecule has 0 N–H and O–H groups in total. The first-order chi connectivity index (χ1) is 10.0. The third-order valence-electron chi connectivity index (χ3n) is 2.96. The Labute approximate surface area is 120 Å². The molecule has 0 aromatic heterocycles. The Balaban J connectivity index is 2.21. The number of halogens is 3. The lowest BCUT2D eigenvalue weighted by Gasteiger charge is -2.09. The number of nitrogens with zero attached hydrogens (tertiary/aromatic N) is 1. The highest BCUT2D eigenvalue weighted by molar-refractivity contribution is 6.01. The average molecular weight is 293 g/mol. The van der Waals surface area contributed by atoms with E-state index in [2.05, 4.69) is 5.16 Å². The van der Waals surface area contributed by atoms with Gasteiger partial charge < -0.3 is 4.84 Å². The van der Waals surface area contributed by atoms with Crippen LogP contribution < -0.4 is 0 Å². The molecule has 2 nitrogen and oxygen atoms in total. The van der Waals surface area contributed by atoms with Gasteiger partial charge in [0.05, 0.1) is 11.3 Å². The van der Waals surface area contributed by atoms with Gasteiger partial charge in [0.1, 0.15) is 7.11 Å². The zero-order valence-corrected chi connectivity index (χ0v) is 11.4. The van der Waals surface area contributed by atoms with Crippen molar-refractivity contribution in [2.24, 2.45) is 5.16 Å². The summed E-state index contributed by atoms with van der Waals surface area (Å²) in [6.07, 6.45) is -3.92. The summed E-state index contributed by atoms with van der Waals surface area (Å²) in [5.41, 5.74) is 1.62. The highest BCUT2D eigenvalue weighted by Gasteiger charge is 2.29. The van der Waals surface area contributed by atoms with Gasteiger partial charge in [0.2, 0.25) is 0 Å². The maximum Gasteiger partial charge on any atom is 0.416 e. The average Bonchev–Trinajstić information content (AvgIpc) is 2.47. The Morgan fingerprint density at radius 2 is 1.62 bits per heavy atom. The molecule has 2 aromatic carbocycles. The lowest BCUT2D eigenvalue weighted by Crippen LogP contribution is -2.08. The van der Waals surface area contributed by atoms with Crippen molar-refractivity contribution in [3.8, 4) is 0 Å². The van der Waals surface area contributed by atoms with Crippen molar-refractivity contribution in [2.75, 3.05) is 7.11 Å². The standard InChI is InChI=1S/C16H14F3NO/c1-21-20-15(13-5-3-2-4-6-13)11-12-7-9-14(10-8-12)16(17,18)19/h2-10H,11H2,1H3/b20-15-. The van der Waals surface area contributed by atoms with Crippen molar-refractivity contribution in [1.82, 2.24) is 0 Å². The minimum atomic E-state index is -4.32. The Morgan fingerprint density at radius 1 is 1.00 bits per heavy atom. The molecule has 0 radical (unpaired) electrons. The van der Waals surface area contributed by atoms with E-state index in [1.807, 2.05) is 30.3 Å². The van der Waals surface area contributed by atoms with Gasteiger partial charge in [-0.15, -0.1) is 0 Å². The SMILES string of the molecule is CO/N=C(/Cc1ccc(C(F)(F)F)cc1)c1ccccc1. The number of rotatable bonds is 4. The summed E-state index contributed by atoms with van der Waals surface area (Å²) in [5.74, 6) is 0. The van der Waals surface area contributed by atoms with Crippen LogP contribution in [0.2, 0.25) is 0 Å². The summed E-state index contributed by atoms with van der Waals surface area (Å²) in [4.78, 5) is 4.82. The summed E-state index contributed by atoms with van der Waals surface area (Å²) >= 11 is 0. The molecule has 110 valence electrons. The highest BCUT2D eigenvalue weighted by Crippen LogP contribution is 2.29. The molecule has 2 rings (SSSR count). The number of hydrogen-bond donors (Lipinski definition) is 0. The van der Waals surface area contributed by atoms with Crippen molar-refractivity contribution in [3.05, 3.63) is 71.3 Å². The van der Waals surface area contributed by atoms with E-state index in [0.29, 0.717) is 12.1 Å². The van der Waals surface area contributed by atoms with Crippen molar-refractivity contribution in [2.45, 2.75) is 12.6 Å². The van der Waals surface area contributed by atoms with E-state index in [1.54, 1.807) is 0 Å². The summed E-state index contributed by atoms with van der Waals surface area (Å²) in [6.45, 7) is 0. The predicted molar refractivity (Wildman–Crippen MR) is 75.1 cm³/mol. The summed E-state index contributed by atoms with van der Waals surface area (Å²) < 4.78 is 37.6. The first-order valence-electron chi connectivity index (χ1n) is 6.32. The fraction of sp³-hybridized carbons (Fsp3) is 0.188. The molecule has 0 fully saturated rings. The molecule has 2 aromatic rings. The van der Waals surface area contributed by atoms with Crippen LogP contribution in [0.15, 0.2) is 59.8 Å². The summed E-state index contributed by atoms with van der Waals surface area (Å²) in [6, 6.07) is 14.4. The molecule has 21 heavy (non-hydrogen) atoms. The van der Waals surface area contributed by atoms with E-state index >= 15 is 0 Å². The summed E-state index contributed by atoms with van der Waals surface area (Å²) in [5, 5.41) is 3.96. The molecule has 0 aliphatic heterocycles. The first kappa shape index (κ1) is 15.1. The molecule has 0 unspecified atom stereocenters. The van der Waals surface area contributed by atoms with Gasteiger partial charge in [-0.05, 0) is 23.3 Å². The van der Waals surface area contributed by atoms with Crippen LogP contribution in [-0.2, 0) is 17.4 Å². The lowest BCUT2D eigenvalue weighted by atomic mass is 10.0. The first-order valence-corrected chi connectivity index (χ1v) is 6.32. The van der Waals surface area contributed by atoms with Crippen molar-refractivity contribution in [1.29, 1.82) is 0 Å². The van der Waals surface area contributed by atoms with Crippen LogP contribution in [0, 0.1) is 0 Å². The van der Waals surface area contributed by atoms with E-state index in [1.165, 1.54) is 19.2 Å². The molecule has 0 atom stereocenters. The van der Waals surface area contributed by atoms with E-state index in [0.717, 1.165) is 23.3 Å². The van der Waals surface area contributed by atoms with E-state index in [4.69, 9.17) is 4.84 Å². The second kappa shape index (κ2) is 6.43. The molecule has 0 aliphatic carbocycles. The molecule has 0 amide bonds. The van der Waals surface area contributed by atoms with Crippen molar-refractivity contribution >= 4 is 5.71 Å². The molecular formula is C16H14F3NO. The van der Waals surface area contributed by atoms with Gasteiger partial charge in [-0.25, -0.2) is 0 Å². The second-order valence-corrected chi connectivity index (χ2v) is 4.46. The van der Waals surface area contributed by atoms with E-state index < -0.39 is 11.7 Å². The largest absolute Gasteiger partial charge is 0.416 e. The van der Waals surface area contributed by atoms with Crippen molar-refractivity contribution < 1.29 is 18.0 Å². The third kappa shape index (κ3) is 4.08. The van der Waals surface area contributed by atoms with Crippen LogP contribution in [0.4, 0.5) is 13.2 Å². The maximum absolute atomic E-state index is 12.5. The van der Waals surface area contributed by atoms with Crippen LogP contribution in [0.25, 0.3) is 0 Å². The Kier molecular flexibility index (Phi) is 4.62. The Bertz CT molecular complexity index is 604. The zero-order valence-electron chi connectivity index (χ0n) is 11.4. The van der Waals surface area contributed by atoms with Gasteiger partial charge >= 0.3 is 6.18 Å². The monoisotopic (exact) mass is 293 g/mol. The van der Waals surface area contributed by atoms with Gasteiger partial charge in [-0.1, -0.05) is 47.6 Å². The Hall–Kier alpha value is -2.30. The highest BCUT2D eigenvalue weighted by atomic mass is 19.4. The minimum absolute atomic E-state index is 0.399. The normalized spacial score (nSPS) is 12.3. The Morgan fingerprint density at radius 3 is 2.14 bits per heavy atom. The summed E-state index contributed by atoms with van der Waals surface area (Å²) in [7, 11) is 1.44. The third-order valence-corrected chi connectivity index (χ3v) is 2.96. The van der Waals surface area contributed by atoms with Gasteiger partial charge in [-0.3, -0.25) is 0 Å². The van der Waals surface area contributed by atoms with E-state index in [9.17, 15) is 13.2 Å². The lowest BCUT2D eigenvalue weighted by molar-refractivity contribution is -0.137. The smallest absolute Gasteiger partial charge is 0.399 e. The number of alkyl halides is 3. The molecule has 0 spiro atoms. The molecule has 0 saturated carbocycles. The minimum Gasteiger partial charge on any atom is -0.399 e. The number of benzene rings is 2. The topological polar surface area (TPSA) is 21.6 Å². The van der Waals surface area contributed by atoms with Crippen molar-refractivity contribution in [3.63, 3.8) is 0 Å². The second-order valence-electron chi connectivity index (χ2n) is 4.46. The number of oxime groups is 1. The molecule has 5 heteroatoms. The molecular weight excluding hydrogens is 279 g/mol. The molecule has 0 heterocycles. The van der Waals surface area contributed by atoms with Gasteiger partial charge in [0.25, 0.3) is 0 Å². The molecule has 0 saturated heterocycles. The predicted octanol–water partition coefficient (Wildman–Crippen LogP) is 4.30.